The summed E-state index contributed by atoms with van der Waals surface area (Å²) in [6.07, 6.45) is 0. The van der Waals surface area contributed by atoms with Crippen LogP contribution in [0, 0.1) is 20.8 Å². The van der Waals surface area contributed by atoms with E-state index in [0.717, 1.165) is 10.7 Å². The average molecular weight is 246 g/mol. The number of nitrogens with zero attached hydrogens (tertiary/aromatic N) is 1. The molecule has 1 unspecified atom stereocenters. The quantitative estimate of drug-likeness (QED) is 0.876. The fourth-order valence-electron chi connectivity index (χ4n) is 1.79. The lowest BCUT2D eigenvalue weighted by molar-refractivity contribution is 0.843. The normalized spacial score (nSPS) is 12.5. The molecule has 1 aromatic heterocycles. The van der Waals surface area contributed by atoms with E-state index in [1.165, 1.54) is 16.8 Å². The lowest BCUT2D eigenvalue weighted by Gasteiger charge is -2.16. The highest BCUT2D eigenvalue weighted by atomic mass is 32.1. The number of rotatable bonds is 3. The summed E-state index contributed by atoms with van der Waals surface area (Å²) >= 11 is 1.70. The van der Waals surface area contributed by atoms with Crippen molar-refractivity contribution in [3.8, 4) is 0 Å². The molecule has 0 spiro atoms. The smallest absolute Gasteiger partial charge is 0.0898 e. The second-order valence-corrected chi connectivity index (χ2v) is 5.47. The molecule has 3 heteroatoms. The van der Waals surface area contributed by atoms with Crippen molar-refractivity contribution in [1.29, 1.82) is 0 Å². The van der Waals surface area contributed by atoms with Crippen molar-refractivity contribution in [2.24, 2.45) is 0 Å². The third-order valence-corrected chi connectivity index (χ3v) is 3.85. The number of thiazole rings is 1. The van der Waals surface area contributed by atoms with Gasteiger partial charge in [-0.05, 0) is 44.9 Å². The summed E-state index contributed by atoms with van der Waals surface area (Å²) in [5, 5.41) is 6.77. The Morgan fingerprint density at radius 2 is 2.00 bits per heavy atom. The average Bonchev–Trinajstić information content (AvgIpc) is 2.72. The van der Waals surface area contributed by atoms with Crippen molar-refractivity contribution in [1.82, 2.24) is 4.98 Å². The van der Waals surface area contributed by atoms with Gasteiger partial charge >= 0.3 is 0 Å². The molecule has 0 amide bonds. The number of nitrogens with one attached hydrogen (secondary N) is 1. The fourth-order valence-corrected chi connectivity index (χ4v) is 2.50. The second kappa shape index (κ2) is 4.88. The van der Waals surface area contributed by atoms with Gasteiger partial charge in [-0.15, -0.1) is 11.3 Å². The Morgan fingerprint density at radius 3 is 2.65 bits per heavy atom. The molecule has 17 heavy (non-hydrogen) atoms. The number of aromatic nitrogens is 1. The van der Waals surface area contributed by atoms with Gasteiger partial charge in [0.2, 0.25) is 0 Å². The van der Waals surface area contributed by atoms with E-state index in [1.54, 1.807) is 11.3 Å². The first-order chi connectivity index (χ1) is 8.08. The summed E-state index contributed by atoms with van der Waals surface area (Å²) in [4.78, 5) is 4.51. The van der Waals surface area contributed by atoms with Crippen LogP contribution in [0.25, 0.3) is 0 Å². The molecule has 1 atom stereocenters. The SMILES string of the molecule is Cc1nc(C(C)Nc2cccc(C)c2C)cs1. The van der Waals surface area contributed by atoms with Crippen LogP contribution in [0.15, 0.2) is 23.6 Å². The van der Waals surface area contributed by atoms with Crippen LogP contribution in [-0.4, -0.2) is 4.98 Å². The summed E-state index contributed by atoms with van der Waals surface area (Å²) in [5.41, 5.74) is 4.94. The summed E-state index contributed by atoms with van der Waals surface area (Å²) < 4.78 is 0. The van der Waals surface area contributed by atoms with Gasteiger partial charge in [0.25, 0.3) is 0 Å². The fraction of sp³-hybridized carbons (Fsp3) is 0.357. The molecule has 0 aliphatic rings. The van der Waals surface area contributed by atoms with Crippen LogP contribution in [0.5, 0.6) is 0 Å². The second-order valence-electron chi connectivity index (χ2n) is 4.40. The summed E-state index contributed by atoms with van der Waals surface area (Å²) in [7, 11) is 0. The van der Waals surface area contributed by atoms with Gasteiger partial charge < -0.3 is 5.32 Å². The molecule has 0 aliphatic heterocycles. The molecule has 0 saturated heterocycles. The van der Waals surface area contributed by atoms with E-state index in [0.29, 0.717) is 0 Å². The van der Waals surface area contributed by atoms with Crippen molar-refractivity contribution in [2.45, 2.75) is 33.7 Å². The molecule has 0 aliphatic carbocycles. The van der Waals surface area contributed by atoms with E-state index in [1.807, 2.05) is 6.92 Å². The molecule has 2 nitrogen and oxygen atoms in total. The number of hydrogen-bond donors (Lipinski definition) is 1. The molecule has 0 bridgehead atoms. The Morgan fingerprint density at radius 1 is 1.24 bits per heavy atom. The number of anilines is 1. The van der Waals surface area contributed by atoms with Crippen molar-refractivity contribution in [3.05, 3.63) is 45.4 Å². The maximum absolute atomic E-state index is 4.51. The van der Waals surface area contributed by atoms with Crippen molar-refractivity contribution >= 4 is 17.0 Å². The van der Waals surface area contributed by atoms with Gasteiger partial charge in [0.1, 0.15) is 0 Å². The predicted molar refractivity (Wildman–Crippen MR) is 74.8 cm³/mol. The molecular weight excluding hydrogens is 228 g/mol. The zero-order chi connectivity index (χ0) is 12.4. The topological polar surface area (TPSA) is 24.9 Å². The van der Waals surface area contributed by atoms with Crippen LogP contribution in [0.1, 0.15) is 34.8 Å². The van der Waals surface area contributed by atoms with Crippen LogP contribution >= 0.6 is 11.3 Å². The summed E-state index contributed by atoms with van der Waals surface area (Å²) in [6.45, 7) is 8.48. The molecule has 0 radical (unpaired) electrons. The Bertz CT molecular complexity index is 517. The van der Waals surface area contributed by atoms with Crippen LogP contribution in [0.4, 0.5) is 5.69 Å². The number of hydrogen-bond acceptors (Lipinski definition) is 3. The third-order valence-electron chi connectivity index (χ3n) is 3.06. The van der Waals surface area contributed by atoms with Gasteiger partial charge in [0, 0.05) is 11.1 Å². The van der Waals surface area contributed by atoms with Gasteiger partial charge in [-0.1, -0.05) is 12.1 Å². The van der Waals surface area contributed by atoms with E-state index < -0.39 is 0 Å². The largest absolute Gasteiger partial charge is 0.377 e. The first-order valence-corrected chi connectivity index (χ1v) is 6.70. The zero-order valence-corrected chi connectivity index (χ0v) is 11.6. The maximum Gasteiger partial charge on any atom is 0.0898 e. The van der Waals surface area contributed by atoms with Crippen LogP contribution in [0.2, 0.25) is 0 Å². The molecule has 0 saturated carbocycles. The molecule has 0 fully saturated rings. The highest BCUT2D eigenvalue weighted by Gasteiger charge is 2.10. The first-order valence-electron chi connectivity index (χ1n) is 5.82. The van der Waals surface area contributed by atoms with Crippen LogP contribution in [-0.2, 0) is 0 Å². The summed E-state index contributed by atoms with van der Waals surface area (Å²) in [6, 6.07) is 6.60. The number of benzene rings is 1. The molecule has 1 heterocycles. The molecule has 1 aromatic carbocycles. The monoisotopic (exact) mass is 246 g/mol. The van der Waals surface area contributed by atoms with E-state index in [9.17, 15) is 0 Å². The van der Waals surface area contributed by atoms with E-state index >= 15 is 0 Å². The maximum atomic E-state index is 4.51. The summed E-state index contributed by atoms with van der Waals surface area (Å²) in [5.74, 6) is 0. The van der Waals surface area contributed by atoms with Crippen LogP contribution in [0.3, 0.4) is 0 Å². The van der Waals surface area contributed by atoms with Gasteiger partial charge in [-0.3, -0.25) is 0 Å². The first kappa shape index (κ1) is 12.1. The highest BCUT2D eigenvalue weighted by Crippen LogP contribution is 2.24. The van der Waals surface area contributed by atoms with Crippen molar-refractivity contribution < 1.29 is 0 Å². The minimum absolute atomic E-state index is 0.250. The Hall–Kier alpha value is -1.35. The molecule has 90 valence electrons. The number of aryl methyl sites for hydroxylation is 2. The van der Waals surface area contributed by atoms with Gasteiger partial charge in [-0.2, -0.15) is 0 Å². The van der Waals surface area contributed by atoms with E-state index in [2.05, 4.69) is 54.7 Å². The Kier molecular flexibility index (Phi) is 3.48. The zero-order valence-electron chi connectivity index (χ0n) is 10.7. The van der Waals surface area contributed by atoms with Crippen molar-refractivity contribution in [2.75, 3.05) is 5.32 Å². The molecule has 2 aromatic rings. The van der Waals surface area contributed by atoms with Gasteiger partial charge in [0.05, 0.1) is 16.7 Å². The minimum Gasteiger partial charge on any atom is -0.377 e. The van der Waals surface area contributed by atoms with Crippen LogP contribution < -0.4 is 5.32 Å². The molecule has 1 N–H and O–H groups in total. The third kappa shape index (κ3) is 2.67. The molecular formula is C14H18N2S. The van der Waals surface area contributed by atoms with Gasteiger partial charge in [-0.25, -0.2) is 4.98 Å². The highest BCUT2D eigenvalue weighted by molar-refractivity contribution is 7.09. The Balaban J connectivity index is 2.18. The lowest BCUT2D eigenvalue weighted by atomic mass is 10.1. The van der Waals surface area contributed by atoms with E-state index in [4.69, 9.17) is 0 Å². The standard InChI is InChI=1S/C14H18N2S/c1-9-6-5-7-13(10(9)2)15-11(3)14-8-17-12(4)16-14/h5-8,11,15H,1-4H3. The Labute approximate surface area is 107 Å². The predicted octanol–water partition coefficient (Wildman–Crippen LogP) is 4.24. The van der Waals surface area contributed by atoms with Crippen molar-refractivity contribution in [3.63, 3.8) is 0 Å². The van der Waals surface area contributed by atoms with Gasteiger partial charge in [0.15, 0.2) is 0 Å². The lowest BCUT2D eigenvalue weighted by Crippen LogP contribution is -2.08. The minimum atomic E-state index is 0.250. The molecule has 2 rings (SSSR count). The van der Waals surface area contributed by atoms with E-state index in [-0.39, 0.29) is 6.04 Å².